The molecular formula is C18H18N2O6S. The summed E-state index contributed by atoms with van der Waals surface area (Å²) >= 11 is 1.25. The van der Waals surface area contributed by atoms with Crippen LogP contribution in [0.1, 0.15) is 10.4 Å². The zero-order valence-corrected chi connectivity index (χ0v) is 16.0. The molecule has 0 fully saturated rings. The third-order valence-corrected chi connectivity index (χ3v) is 5.04. The first kappa shape index (κ1) is 18.6. The van der Waals surface area contributed by atoms with Gasteiger partial charge in [-0.2, -0.15) is 0 Å². The van der Waals surface area contributed by atoms with Crippen molar-refractivity contribution in [3.05, 3.63) is 39.5 Å². The van der Waals surface area contributed by atoms with Crippen LogP contribution in [0.4, 0.5) is 5.69 Å². The summed E-state index contributed by atoms with van der Waals surface area (Å²) in [6.07, 6.45) is 0. The molecule has 0 bridgehead atoms. The van der Waals surface area contributed by atoms with E-state index in [0.717, 1.165) is 0 Å². The van der Waals surface area contributed by atoms with Crippen LogP contribution < -0.4 is 25.1 Å². The number of thiophene rings is 1. The lowest BCUT2D eigenvalue weighted by Crippen LogP contribution is -2.27. The van der Waals surface area contributed by atoms with Gasteiger partial charge < -0.3 is 29.2 Å². The highest BCUT2D eigenvalue weighted by Gasteiger charge is 2.23. The van der Waals surface area contributed by atoms with Crippen molar-refractivity contribution in [2.24, 2.45) is 7.05 Å². The fourth-order valence-corrected chi connectivity index (χ4v) is 3.66. The minimum Gasteiger partial charge on any atom is -0.505 e. The molecule has 2 aromatic heterocycles. The molecule has 0 atom stereocenters. The van der Waals surface area contributed by atoms with Crippen molar-refractivity contribution in [2.45, 2.75) is 0 Å². The fraction of sp³-hybridized carbons (Fsp3) is 0.222. The van der Waals surface area contributed by atoms with E-state index in [-0.39, 0.29) is 11.3 Å². The number of carbonyl (C=O) groups is 1. The van der Waals surface area contributed by atoms with Gasteiger partial charge in [-0.05, 0) is 11.4 Å². The van der Waals surface area contributed by atoms with Gasteiger partial charge in [0.1, 0.15) is 5.56 Å². The van der Waals surface area contributed by atoms with Crippen LogP contribution in [0.3, 0.4) is 0 Å². The number of rotatable bonds is 5. The van der Waals surface area contributed by atoms with E-state index in [9.17, 15) is 14.7 Å². The van der Waals surface area contributed by atoms with Crippen molar-refractivity contribution in [1.82, 2.24) is 4.57 Å². The second-order valence-corrected chi connectivity index (χ2v) is 6.51. The molecule has 8 nitrogen and oxygen atoms in total. The molecule has 0 unspecified atom stereocenters. The lowest BCUT2D eigenvalue weighted by Gasteiger charge is -2.15. The predicted molar refractivity (Wildman–Crippen MR) is 103 cm³/mol. The molecule has 0 radical (unpaired) electrons. The number of hydrogen-bond donors (Lipinski definition) is 2. The number of fused-ring (bicyclic) bond motifs is 1. The first-order chi connectivity index (χ1) is 12.9. The number of amides is 1. The third kappa shape index (κ3) is 3.06. The van der Waals surface area contributed by atoms with Crippen molar-refractivity contribution in [2.75, 3.05) is 26.6 Å². The Kier molecular flexibility index (Phi) is 4.95. The summed E-state index contributed by atoms with van der Waals surface area (Å²) < 4.78 is 17.5. The van der Waals surface area contributed by atoms with Gasteiger partial charge in [-0.15, -0.1) is 11.3 Å². The van der Waals surface area contributed by atoms with Crippen LogP contribution >= 0.6 is 11.3 Å². The number of anilines is 1. The molecule has 3 rings (SSSR count). The Morgan fingerprint density at radius 3 is 2.33 bits per heavy atom. The van der Waals surface area contributed by atoms with Crippen LogP contribution in [0.25, 0.3) is 10.2 Å². The highest BCUT2D eigenvalue weighted by molar-refractivity contribution is 7.17. The number of hydrogen-bond acceptors (Lipinski definition) is 7. The monoisotopic (exact) mass is 390 g/mol. The minimum absolute atomic E-state index is 0.322. The molecule has 3 aromatic rings. The number of benzene rings is 1. The molecule has 2 heterocycles. The van der Waals surface area contributed by atoms with Crippen LogP contribution in [0.5, 0.6) is 23.0 Å². The summed E-state index contributed by atoms with van der Waals surface area (Å²) in [5.41, 5.74) is -0.0430. The van der Waals surface area contributed by atoms with Crippen LogP contribution in [0, 0.1) is 0 Å². The van der Waals surface area contributed by atoms with Crippen molar-refractivity contribution in [3.63, 3.8) is 0 Å². The minimum atomic E-state index is -0.738. The third-order valence-electron chi connectivity index (χ3n) is 4.13. The molecule has 0 aliphatic heterocycles. The number of aromatic hydroxyl groups is 1. The average molecular weight is 390 g/mol. The predicted octanol–water partition coefficient (Wildman–Crippen LogP) is 2.58. The van der Waals surface area contributed by atoms with E-state index < -0.39 is 11.5 Å². The number of nitrogens with one attached hydrogen (secondary N) is 1. The molecule has 1 aromatic carbocycles. The maximum absolute atomic E-state index is 12.7. The fourth-order valence-electron chi connectivity index (χ4n) is 2.79. The first-order valence-corrected chi connectivity index (χ1v) is 8.71. The topological polar surface area (TPSA) is 99.0 Å². The number of pyridine rings is 1. The van der Waals surface area contributed by atoms with Gasteiger partial charge in [-0.1, -0.05) is 0 Å². The maximum atomic E-state index is 12.7. The van der Waals surface area contributed by atoms with E-state index in [4.69, 9.17) is 14.2 Å². The molecule has 0 saturated heterocycles. The zero-order chi connectivity index (χ0) is 19.7. The maximum Gasteiger partial charge on any atom is 0.267 e. The number of ether oxygens (including phenoxy) is 3. The summed E-state index contributed by atoms with van der Waals surface area (Å²) in [6, 6.07) is 4.77. The molecule has 142 valence electrons. The van der Waals surface area contributed by atoms with Crippen molar-refractivity contribution < 1.29 is 24.1 Å². The van der Waals surface area contributed by atoms with Crippen molar-refractivity contribution in [3.8, 4) is 23.0 Å². The van der Waals surface area contributed by atoms with Gasteiger partial charge in [-0.3, -0.25) is 9.59 Å². The van der Waals surface area contributed by atoms with Crippen LogP contribution in [0.2, 0.25) is 0 Å². The Bertz CT molecular complexity index is 1060. The van der Waals surface area contributed by atoms with Crippen LogP contribution in [-0.2, 0) is 7.05 Å². The summed E-state index contributed by atoms with van der Waals surface area (Å²) in [6.45, 7) is 0. The lowest BCUT2D eigenvalue weighted by atomic mass is 10.2. The summed E-state index contributed by atoms with van der Waals surface area (Å²) in [5.74, 6) is -0.0153. The Morgan fingerprint density at radius 2 is 1.78 bits per heavy atom. The molecule has 1 amide bonds. The van der Waals surface area contributed by atoms with E-state index in [2.05, 4.69) is 5.32 Å². The number of carbonyl (C=O) groups excluding carboxylic acids is 1. The number of methoxy groups -OCH3 is 3. The molecule has 9 heteroatoms. The Balaban J connectivity index is 2.06. The lowest BCUT2D eigenvalue weighted by molar-refractivity contribution is 0.102. The zero-order valence-electron chi connectivity index (χ0n) is 15.2. The highest BCUT2D eigenvalue weighted by atomic mass is 32.1. The second kappa shape index (κ2) is 7.20. The van der Waals surface area contributed by atoms with Gasteiger partial charge in [0.25, 0.3) is 11.5 Å². The number of aromatic nitrogens is 1. The van der Waals surface area contributed by atoms with Crippen molar-refractivity contribution >= 4 is 33.1 Å². The SMILES string of the molecule is COc1cc(NC(=O)c2c(O)c3sccc3n(C)c2=O)cc(OC)c1OC. The average Bonchev–Trinajstić information content (AvgIpc) is 3.15. The van der Waals surface area contributed by atoms with Gasteiger partial charge in [0.05, 0.1) is 31.5 Å². The molecular weight excluding hydrogens is 372 g/mol. The molecule has 0 aliphatic rings. The number of nitrogens with zero attached hydrogens (tertiary/aromatic N) is 1. The Labute approximate surface area is 158 Å². The van der Waals surface area contributed by atoms with E-state index in [1.807, 2.05) is 0 Å². The quantitative estimate of drug-likeness (QED) is 0.695. The summed E-state index contributed by atoms with van der Waals surface area (Å²) in [7, 11) is 5.92. The Hall–Kier alpha value is -3.20. The van der Waals surface area contributed by atoms with Gasteiger partial charge in [0.2, 0.25) is 5.75 Å². The summed E-state index contributed by atoms with van der Waals surface area (Å²) in [5, 5.41) is 14.8. The second-order valence-electron chi connectivity index (χ2n) is 5.59. The summed E-state index contributed by atoms with van der Waals surface area (Å²) in [4.78, 5) is 25.3. The van der Waals surface area contributed by atoms with E-state index in [1.54, 1.807) is 18.5 Å². The normalized spacial score (nSPS) is 10.7. The van der Waals surface area contributed by atoms with Gasteiger partial charge in [0, 0.05) is 24.9 Å². The molecule has 0 aliphatic carbocycles. The number of aryl methyl sites for hydroxylation is 1. The first-order valence-electron chi connectivity index (χ1n) is 7.83. The van der Waals surface area contributed by atoms with Crippen molar-refractivity contribution in [1.29, 1.82) is 0 Å². The van der Waals surface area contributed by atoms with Gasteiger partial charge in [0.15, 0.2) is 17.2 Å². The van der Waals surface area contributed by atoms with E-state index >= 15 is 0 Å². The standard InChI is InChI=1S/C18H18N2O6S/c1-20-10-5-6-27-16(10)14(21)13(18(20)23)17(22)19-9-7-11(24-2)15(26-4)12(8-9)25-3/h5-8,21H,1-4H3,(H,19,22). The van der Waals surface area contributed by atoms with Gasteiger partial charge in [-0.25, -0.2) is 0 Å². The largest absolute Gasteiger partial charge is 0.505 e. The van der Waals surface area contributed by atoms with Crippen LogP contribution in [0.15, 0.2) is 28.4 Å². The highest BCUT2D eigenvalue weighted by Crippen LogP contribution is 2.40. The molecule has 2 N–H and O–H groups in total. The van der Waals surface area contributed by atoms with E-state index in [0.29, 0.717) is 33.2 Å². The smallest absolute Gasteiger partial charge is 0.267 e. The molecule has 27 heavy (non-hydrogen) atoms. The van der Waals surface area contributed by atoms with Crippen LogP contribution in [-0.4, -0.2) is 36.9 Å². The molecule has 0 saturated carbocycles. The van der Waals surface area contributed by atoms with E-state index in [1.165, 1.54) is 49.4 Å². The molecule has 0 spiro atoms. The van der Waals surface area contributed by atoms with Gasteiger partial charge >= 0.3 is 0 Å². The Morgan fingerprint density at radius 1 is 1.15 bits per heavy atom.